The topological polar surface area (TPSA) is 43.1 Å². The third-order valence-electron chi connectivity index (χ3n) is 3.44. The van der Waals surface area contributed by atoms with E-state index in [-0.39, 0.29) is 5.78 Å². The minimum atomic E-state index is -0.704. The summed E-state index contributed by atoms with van der Waals surface area (Å²) in [6, 6.07) is 7.87. The van der Waals surface area contributed by atoms with Gasteiger partial charge in [0.2, 0.25) is 0 Å². The van der Waals surface area contributed by atoms with Crippen molar-refractivity contribution in [3.8, 4) is 0 Å². The number of Topliss-reactive ketones (excluding diaryl/α,β-unsaturated/α-hetero) is 1. The molecule has 0 aliphatic carbocycles. The highest BCUT2D eigenvalue weighted by Crippen LogP contribution is 2.19. The van der Waals surface area contributed by atoms with Gasteiger partial charge >= 0.3 is 0 Å². The molecule has 0 fully saturated rings. The van der Waals surface area contributed by atoms with Crippen molar-refractivity contribution in [1.82, 2.24) is 0 Å². The number of aryl methyl sites for hydroxylation is 1. The first-order valence-electron chi connectivity index (χ1n) is 6.50. The standard InChI is InChI=1S/C15H23NO/c1-4-8-12-9-7-10-13(11-12)14(17)15(16,5-2)6-3/h7,9-11H,4-6,8,16H2,1-3H3. The Morgan fingerprint density at radius 3 is 2.41 bits per heavy atom. The molecule has 94 valence electrons. The molecule has 1 aromatic carbocycles. The number of hydrogen-bond donors (Lipinski definition) is 1. The van der Waals surface area contributed by atoms with Gasteiger partial charge in [-0.05, 0) is 30.9 Å². The molecule has 0 aromatic heterocycles. The molecule has 17 heavy (non-hydrogen) atoms. The Labute approximate surface area is 104 Å². The summed E-state index contributed by atoms with van der Waals surface area (Å²) in [5.74, 6) is 0.0699. The Kier molecular flexibility index (Phi) is 4.88. The third kappa shape index (κ3) is 3.16. The van der Waals surface area contributed by atoms with Crippen LogP contribution in [0.15, 0.2) is 24.3 Å². The molecule has 0 saturated carbocycles. The number of carbonyl (C=O) groups is 1. The van der Waals surface area contributed by atoms with E-state index in [1.165, 1.54) is 5.56 Å². The molecule has 0 radical (unpaired) electrons. The molecular formula is C15H23NO. The van der Waals surface area contributed by atoms with Crippen molar-refractivity contribution in [3.05, 3.63) is 35.4 Å². The van der Waals surface area contributed by atoms with Crippen LogP contribution in [0.3, 0.4) is 0 Å². The van der Waals surface area contributed by atoms with Gasteiger partial charge in [0.1, 0.15) is 0 Å². The van der Waals surface area contributed by atoms with Crippen LogP contribution in [0.2, 0.25) is 0 Å². The Balaban J connectivity index is 2.99. The van der Waals surface area contributed by atoms with Crippen LogP contribution in [0.25, 0.3) is 0 Å². The van der Waals surface area contributed by atoms with E-state index in [4.69, 9.17) is 5.73 Å². The first kappa shape index (κ1) is 13.9. The molecule has 0 saturated heterocycles. The Morgan fingerprint density at radius 2 is 1.88 bits per heavy atom. The van der Waals surface area contributed by atoms with Crippen molar-refractivity contribution >= 4 is 5.78 Å². The van der Waals surface area contributed by atoms with Crippen LogP contribution in [0.4, 0.5) is 0 Å². The van der Waals surface area contributed by atoms with E-state index in [0.29, 0.717) is 12.8 Å². The summed E-state index contributed by atoms with van der Waals surface area (Å²) in [6.45, 7) is 6.08. The second-order valence-corrected chi connectivity index (χ2v) is 4.64. The van der Waals surface area contributed by atoms with Gasteiger partial charge in [0.05, 0.1) is 5.54 Å². The Morgan fingerprint density at radius 1 is 1.24 bits per heavy atom. The minimum absolute atomic E-state index is 0.0699. The van der Waals surface area contributed by atoms with E-state index in [0.717, 1.165) is 18.4 Å². The normalized spacial score (nSPS) is 11.5. The van der Waals surface area contributed by atoms with Gasteiger partial charge in [-0.2, -0.15) is 0 Å². The van der Waals surface area contributed by atoms with E-state index < -0.39 is 5.54 Å². The maximum Gasteiger partial charge on any atom is 0.182 e. The van der Waals surface area contributed by atoms with Crippen LogP contribution in [-0.4, -0.2) is 11.3 Å². The quantitative estimate of drug-likeness (QED) is 0.766. The number of nitrogens with two attached hydrogens (primary N) is 1. The highest BCUT2D eigenvalue weighted by molar-refractivity contribution is 6.03. The van der Waals surface area contributed by atoms with Crippen LogP contribution in [0, 0.1) is 0 Å². The van der Waals surface area contributed by atoms with E-state index in [1.54, 1.807) is 0 Å². The van der Waals surface area contributed by atoms with E-state index in [2.05, 4.69) is 13.0 Å². The van der Waals surface area contributed by atoms with Crippen LogP contribution >= 0.6 is 0 Å². The zero-order valence-electron chi connectivity index (χ0n) is 11.1. The number of ketones is 1. The number of rotatable bonds is 6. The maximum atomic E-state index is 12.4. The predicted molar refractivity (Wildman–Crippen MR) is 72.3 cm³/mol. The third-order valence-corrected chi connectivity index (χ3v) is 3.44. The maximum absolute atomic E-state index is 12.4. The van der Waals surface area contributed by atoms with Gasteiger partial charge in [-0.1, -0.05) is 45.4 Å². The average Bonchev–Trinajstić information content (AvgIpc) is 2.37. The summed E-state index contributed by atoms with van der Waals surface area (Å²) in [4.78, 5) is 12.4. The van der Waals surface area contributed by atoms with Crippen molar-refractivity contribution in [1.29, 1.82) is 0 Å². The molecule has 1 aromatic rings. The first-order chi connectivity index (χ1) is 8.07. The smallest absolute Gasteiger partial charge is 0.182 e. The molecule has 0 atom stereocenters. The van der Waals surface area contributed by atoms with Crippen molar-refractivity contribution in [3.63, 3.8) is 0 Å². The second-order valence-electron chi connectivity index (χ2n) is 4.64. The van der Waals surface area contributed by atoms with Crippen LogP contribution in [0.1, 0.15) is 56.0 Å². The van der Waals surface area contributed by atoms with Gasteiger partial charge in [0, 0.05) is 5.56 Å². The van der Waals surface area contributed by atoms with Gasteiger partial charge in [0.15, 0.2) is 5.78 Å². The molecular weight excluding hydrogens is 210 g/mol. The minimum Gasteiger partial charge on any atom is -0.319 e. The van der Waals surface area contributed by atoms with Gasteiger partial charge in [-0.15, -0.1) is 0 Å². The molecule has 0 bridgehead atoms. The van der Waals surface area contributed by atoms with Crippen molar-refractivity contribution in [2.24, 2.45) is 5.73 Å². The van der Waals surface area contributed by atoms with Crippen molar-refractivity contribution in [2.75, 3.05) is 0 Å². The summed E-state index contributed by atoms with van der Waals surface area (Å²) < 4.78 is 0. The number of hydrogen-bond acceptors (Lipinski definition) is 2. The zero-order chi connectivity index (χ0) is 12.9. The van der Waals surface area contributed by atoms with E-state index in [1.807, 2.05) is 32.0 Å². The molecule has 0 unspecified atom stereocenters. The second kappa shape index (κ2) is 5.97. The highest BCUT2D eigenvalue weighted by Gasteiger charge is 2.30. The van der Waals surface area contributed by atoms with Gasteiger partial charge in [0.25, 0.3) is 0 Å². The number of benzene rings is 1. The zero-order valence-corrected chi connectivity index (χ0v) is 11.1. The van der Waals surface area contributed by atoms with Crippen molar-refractivity contribution < 1.29 is 4.79 Å². The van der Waals surface area contributed by atoms with E-state index in [9.17, 15) is 4.79 Å². The molecule has 2 heteroatoms. The summed E-state index contributed by atoms with van der Waals surface area (Å²) in [6.07, 6.45) is 3.46. The monoisotopic (exact) mass is 233 g/mol. The first-order valence-corrected chi connectivity index (χ1v) is 6.50. The Bertz CT molecular complexity index is 380. The number of carbonyl (C=O) groups excluding carboxylic acids is 1. The molecule has 0 amide bonds. The molecule has 0 aliphatic heterocycles. The lowest BCUT2D eigenvalue weighted by Gasteiger charge is -2.25. The van der Waals surface area contributed by atoms with Gasteiger partial charge in [-0.3, -0.25) is 4.79 Å². The lowest BCUT2D eigenvalue weighted by molar-refractivity contribution is 0.0879. The Hall–Kier alpha value is -1.15. The molecule has 2 N–H and O–H groups in total. The lowest BCUT2D eigenvalue weighted by Crippen LogP contribution is -2.46. The molecule has 0 aliphatic rings. The van der Waals surface area contributed by atoms with Gasteiger partial charge in [-0.25, -0.2) is 0 Å². The molecule has 0 spiro atoms. The van der Waals surface area contributed by atoms with Crippen LogP contribution in [0.5, 0.6) is 0 Å². The van der Waals surface area contributed by atoms with Crippen LogP contribution < -0.4 is 5.73 Å². The SMILES string of the molecule is CCCc1cccc(C(=O)C(N)(CC)CC)c1. The van der Waals surface area contributed by atoms with Crippen molar-refractivity contribution in [2.45, 2.75) is 52.0 Å². The highest BCUT2D eigenvalue weighted by atomic mass is 16.1. The fraction of sp³-hybridized carbons (Fsp3) is 0.533. The summed E-state index contributed by atoms with van der Waals surface area (Å²) in [7, 11) is 0. The summed E-state index contributed by atoms with van der Waals surface area (Å²) in [5, 5.41) is 0. The fourth-order valence-electron chi connectivity index (χ4n) is 2.02. The van der Waals surface area contributed by atoms with Gasteiger partial charge < -0.3 is 5.73 Å². The summed E-state index contributed by atoms with van der Waals surface area (Å²) in [5.41, 5.74) is 7.41. The van der Waals surface area contributed by atoms with E-state index >= 15 is 0 Å². The fourth-order valence-corrected chi connectivity index (χ4v) is 2.02. The predicted octanol–water partition coefficient (Wildman–Crippen LogP) is 3.34. The summed E-state index contributed by atoms with van der Waals surface area (Å²) >= 11 is 0. The van der Waals surface area contributed by atoms with Crippen LogP contribution in [-0.2, 0) is 6.42 Å². The molecule has 1 rings (SSSR count). The molecule has 0 heterocycles. The average molecular weight is 233 g/mol. The largest absolute Gasteiger partial charge is 0.319 e. The molecule has 2 nitrogen and oxygen atoms in total. The lowest BCUT2D eigenvalue weighted by atomic mass is 9.85.